The molecule has 1 atom stereocenters. The number of carbonyl (C=O) groups excluding carboxylic acids is 1. The number of nitrogens with one attached hydrogen (secondary N) is 1. The van der Waals surface area contributed by atoms with Crippen LogP contribution in [0.5, 0.6) is 5.75 Å². The minimum Gasteiger partial charge on any atom is -0.497 e. The zero-order valence-corrected chi connectivity index (χ0v) is 16.8. The van der Waals surface area contributed by atoms with E-state index in [-0.39, 0.29) is 16.7 Å². The number of likely N-dealkylation sites (tertiary alicyclic amines) is 1. The lowest BCUT2D eigenvalue weighted by Crippen LogP contribution is -2.44. The molecule has 27 heavy (non-hydrogen) atoms. The zero-order valence-electron chi connectivity index (χ0n) is 16.0. The van der Waals surface area contributed by atoms with Crippen LogP contribution in [0.2, 0.25) is 0 Å². The molecule has 7 heteroatoms. The van der Waals surface area contributed by atoms with Gasteiger partial charge in [0, 0.05) is 26.1 Å². The molecule has 0 radical (unpaired) electrons. The fraction of sp³-hybridized carbons (Fsp3) is 0.650. The molecule has 1 N–H and O–H groups in total. The van der Waals surface area contributed by atoms with E-state index in [2.05, 4.69) is 4.72 Å². The summed E-state index contributed by atoms with van der Waals surface area (Å²) in [7, 11) is -2.00. The van der Waals surface area contributed by atoms with Gasteiger partial charge in [0.05, 0.1) is 12.0 Å². The predicted molar refractivity (Wildman–Crippen MR) is 104 cm³/mol. The number of hydrogen-bond acceptors (Lipinski definition) is 4. The lowest BCUT2D eigenvalue weighted by molar-refractivity contribution is -0.133. The number of nitrogens with zero attached hydrogens (tertiary/aromatic N) is 1. The smallest absolute Gasteiger partial charge is 0.240 e. The van der Waals surface area contributed by atoms with E-state index < -0.39 is 10.0 Å². The Hall–Kier alpha value is -1.60. The Bertz CT molecular complexity index is 727. The number of carbonyl (C=O) groups is 1. The van der Waals surface area contributed by atoms with Gasteiger partial charge in [0.1, 0.15) is 5.75 Å². The van der Waals surface area contributed by atoms with Gasteiger partial charge in [0.2, 0.25) is 15.9 Å². The van der Waals surface area contributed by atoms with Crippen molar-refractivity contribution in [2.45, 2.75) is 49.8 Å². The first-order valence-electron chi connectivity index (χ1n) is 9.89. The molecule has 1 saturated heterocycles. The number of methoxy groups -OCH3 is 1. The lowest BCUT2D eigenvalue weighted by atomic mass is 9.96. The van der Waals surface area contributed by atoms with Crippen LogP contribution in [-0.4, -0.2) is 46.0 Å². The Balaban J connectivity index is 1.51. The lowest BCUT2D eigenvalue weighted by Gasteiger charge is -2.33. The summed E-state index contributed by atoms with van der Waals surface area (Å²) in [6.45, 7) is 1.81. The minimum absolute atomic E-state index is 0.166. The molecule has 1 aromatic rings. The van der Waals surface area contributed by atoms with Crippen molar-refractivity contribution in [2.75, 3.05) is 26.7 Å². The molecule has 2 fully saturated rings. The summed E-state index contributed by atoms with van der Waals surface area (Å²) in [5, 5.41) is 0. The molecule has 1 aromatic carbocycles. The summed E-state index contributed by atoms with van der Waals surface area (Å²) >= 11 is 0. The molecule has 6 nitrogen and oxygen atoms in total. The van der Waals surface area contributed by atoms with Gasteiger partial charge >= 0.3 is 0 Å². The summed E-state index contributed by atoms with van der Waals surface area (Å²) in [6, 6.07) is 6.36. The van der Waals surface area contributed by atoms with Crippen LogP contribution in [0.4, 0.5) is 0 Å². The second-order valence-electron chi connectivity index (χ2n) is 7.73. The number of ether oxygens (including phenoxy) is 1. The van der Waals surface area contributed by atoms with Crippen LogP contribution in [-0.2, 0) is 14.8 Å². The normalized spacial score (nSPS) is 21.4. The molecular weight excluding hydrogens is 364 g/mol. The highest BCUT2D eigenvalue weighted by Gasteiger charge is 2.27. The summed E-state index contributed by atoms with van der Waals surface area (Å²) in [5.41, 5.74) is 0. The van der Waals surface area contributed by atoms with Crippen molar-refractivity contribution in [1.82, 2.24) is 9.62 Å². The third-order valence-electron chi connectivity index (χ3n) is 5.74. The molecule has 3 rings (SSSR count). The van der Waals surface area contributed by atoms with E-state index in [1.165, 1.54) is 25.7 Å². The van der Waals surface area contributed by atoms with Crippen molar-refractivity contribution in [3.05, 3.63) is 24.3 Å². The molecule has 1 unspecified atom stereocenters. The highest BCUT2D eigenvalue weighted by atomic mass is 32.2. The van der Waals surface area contributed by atoms with E-state index in [0.717, 1.165) is 19.4 Å². The number of piperidine rings is 1. The summed E-state index contributed by atoms with van der Waals surface area (Å²) < 4.78 is 32.7. The first kappa shape index (κ1) is 20.1. The number of rotatable bonds is 7. The summed E-state index contributed by atoms with van der Waals surface area (Å²) in [4.78, 5) is 14.7. The van der Waals surface area contributed by atoms with Crippen LogP contribution in [0, 0.1) is 11.8 Å². The minimum atomic E-state index is -3.55. The van der Waals surface area contributed by atoms with E-state index in [4.69, 9.17) is 4.74 Å². The Kier molecular flexibility index (Phi) is 6.76. The molecular formula is C20H30N2O4S. The highest BCUT2D eigenvalue weighted by molar-refractivity contribution is 7.89. The first-order valence-corrected chi connectivity index (χ1v) is 11.4. The molecule has 1 amide bonds. The van der Waals surface area contributed by atoms with Crippen LogP contribution >= 0.6 is 0 Å². The van der Waals surface area contributed by atoms with Crippen molar-refractivity contribution in [2.24, 2.45) is 11.8 Å². The average Bonchev–Trinajstić information content (AvgIpc) is 3.20. The number of hydrogen-bond donors (Lipinski definition) is 1. The van der Waals surface area contributed by atoms with Crippen molar-refractivity contribution < 1.29 is 17.9 Å². The second-order valence-corrected chi connectivity index (χ2v) is 9.50. The van der Waals surface area contributed by atoms with Crippen LogP contribution in [0.15, 0.2) is 29.2 Å². The maximum Gasteiger partial charge on any atom is 0.240 e. The number of benzene rings is 1. The van der Waals surface area contributed by atoms with Gasteiger partial charge in [0.15, 0.2) is 0 Å². The van der Waals surface area contributed by atoms with E-state index in [1.54, 1.807) is 31.4 Å². The molecule has 2 aliphatic rings. The van der Waals surface area contributed by atoms with Gasteiger partial charge in [-0.1, -0.05) is 12.8 Å². The molecule has 150 valence electrons. The van der Waals surface area contributed by atoms with Gasteiger partial charge in [-0.05, 0) is 61.8 Å². The van der Waals surface area contributed by atoms with Crippen molar-refractivity contribution >= 4 is 15.9 Å². The zero-order chi connectivity index (χ0) is 19.3. The highest BCUT2D eigenvalue weighted by Crippen LogP contribution is 2.29. The second kappa shape index (κ2) is 9.06. The first-order chi connectivity index (χ1) is 13.0. The molecule has 0 aromatic heterocycles. The summed E-state index contributed by atoms with van der Waals surface area (Å²) in [6.07, 6.45) is 7.37. The number of sulfonamides is 1. The van der Waals surface area contributed by atoms with Crippen molar-refractivity contribution in [3.8, 4) is 5.75 Å². The van der Waals surface area contributed by atoms with E-state index in [9.17, 15) is 13.2 Å². The van der Waals surface area contributed by atoms with Crippen molar-refractivity contribution in [1.29, 1.82) is 0 Å². The van der Waals surface area contributed by atoms with Gasteiger partial charge in [0.25, 0.3) is 0 Å². The fourth-order valence-electron chi connectivity index (χ4n) is 4.11. The SMILES string of the molecule is COc1ccc(S(=O)(=O)NCC2CCCN(C(=O)CC3CCCC3)C2)cc1. The Morgan fingerprint density at radius 2 is 1.78 bits per heavy atom. The number of amides is 1. The van der Waals surface area contributed by atoms with Crippen LogP contribution in [0.1, 0.15) is 44.9 Å². The fourth-order valence-corrected chi connectivity index (χ4v) is 5.23. The monoisotopic (exact) mass is 394 g/mol. The molecule has 1 saturated carbocycles. The van der Waals surface area contributed by atoms with E-state index in [1.807, 2.05) is 4.90 Å². The molecule has 1 aliphatic heterocycles. The van der Waals surface area contributed by atoms with Crippen LogP contribution < -0.4 is 9.46 Å². The van der Waals surface area contributed by atoms with E-state index >= 15 is 0 Å². The average molecular weight is 395 g/mol. The third kappa shape index (κ3) is 5.45. The third-order valence-corrected chi connectivity index (χ3v) is 7.18. The Labute approximate surface area is 162 Å². The molecule has 1 aliphatic carbocycles. The molecule has 1 heterocycles. The Morgan fingerprint density at radius 3 is 2.44 bits per heavy atom. The Morgan fingerprint density at radius 1 is 1.11 bits per heavy atom. The largest absolute Gasteiger partial charge is 0.497 e. The topological polar surface area (TPSA) is 75.7 Å². The predicted octanol–water partition coefficient (Wildman–Crippen LogP) is 2.79. The van der Waals surface area contributed by atoms with Crippen LogP contribution in [0.3, 0.4) is 0 Å². The van der Waals surface area contributed by atoms with Gasteiger partial charge in [-0.15, -0.1) is 0 Å². The van der Waals surface area contributed by atoms with Gasteiger partial charge < -0.3 is 9.64 Å². The summed E-state index contributed by atoms with van der Waals surface area (Å²) in [5.74, 6) is 1.58. The quantitative estimate of drug-likeness (QED) is 0.772. The van der Waals surface area contributed by atoms with E-state index in [0.29, 0.717) is 31.2 Å². The maximum atomic E-state index is 12.6. The maximum absolute atomic E-state index is 12.6. The van der Waals surface area contributed by atoms with Crippen molar-refractivity contribution in [3.63, 3.8) is 0 Å². The molecule has 0 bridgehead atoms. The van der Waals surface area contributed by atoms with Gasteiger partial charge in [-0.2, -0.15) is 0 Å². The standard InChI is InChI=1S/C20H30N2O4S/c1-26-18-8-10-19(11-9-18)27(24,25)21-14-17-7-4-12-22(15-17)20(23)13-16-5-2-3-6-16/h8-11,16-17,21H,2-7,12-15H2,1H3. The molecule has 0 spiro atoms. The van der Waals surface area contributed by atoms with Gasteiger partial charge in [-0.25, -0.2) is 13.1 Å². The van der Waals surface area contributed by atoms with Crippen LogP contribution in [0.25, 0.3) is 0 Å². The van der Waals surface area contributed by atoms with Gasteiger partial charge in [-0.3, -0.25) is 4.79 Å².